The quantitative estimate of drug-likeness (QED) is 0.581. The second kappa shape index (κ2) is 9.58. The van der Waals surface area contributed by atoms with E-state index in [1.165, 1.54) is 23.5 Å². The molecule has 4 rings (SSSR count). The van der Waals surface area contributed by atoms with Gasteiger partial charge in [-0.2, -0.15) is 0 Å². The van der Waals surface area contributed by atoms with E-state index in [9.17, 15) is 14.0 Å². The van der Waals surface area contributed by atoms with Gasteiger partial charge in [0.25, 0.3) is 5.91 Å². The summed E-state index contributed by atoms with van der Waals surface area (Å²) in [7, 11) is 0. The lowest BCUT2D eigenvalue weighted by molar-refractivity contribution is -0.136. The third-order valence-electron chi connectivity index (χ3n) is 5.51. The Morgan fingerprint density at radius 3 is 2.74 bits per heavy atom. The van der Waals surface area contributed by atoms with Gasteiger partial charge in [-0.3, -0.25) is 9.59 Å². The molecule has 1 aliphatic heterocycles. The van der Waals surface area contributed by atoms with Crippen LogP contribution in [0.15, 0.2) is 48.5 Å². The number of rotatable bonds is 6. The second-order valence-corrected chi connectivity index (χ2v) is 8.70. The molecule has 0 aliphatic carbocycles. The van der Waals surface area contributed by atoms with Crippen molar-refractivity contribution in [2.45, 2.75) is 25.9 Å². The smallest absolute Gasteiger partial charge is 0.261 e. The Labute approximate surface area is 184 Å². The summed E-state index contributed by atoms with van der Waals surface area (Å²) in [6, 6.07) is 14.3. The van der Waals surface area contributed by atoms with Crippen LogP contribution in [0.4, 0.5) is 4.39 Å². The number of carbonyl (C=O) groups excluding carboxylic acids is 2. The van der Waals surface area contributed by atoms with Gasteiger partial charge >= 0.3 is 0 Å². The van der Waals surface area contributed by atoms with Gasteiger partial charge in [0.15, 0.2) is 0 Å². The molecule has 0 radical (unpaired) electrons. The number of nitrogens with one attached hydrogen (secondary N) is 1. The van der Waals surface area contributed by atoms with Crippen molar-refractivity contribution in [3.8, 4) is 0 Å². The Hall–Kier alpha value is -2.77. The molecule has 1 unspecified atom stereocenters. The molecule has 1 atom stereocenters. The van der Waals surface area contributed by atoms with Gasteiger partial charge in [-0.1, -0.05) is 30.3 Å². The Morgan fingerprint density at radius 2 is 1.97 bits per heavy atom. The number of halogens is 1. The van der Waals surface area contributed by atoms with Crippen molar-refractivity contribution in [3.05, 3.63) is 70.4 Å². The number of carbonyl (C=O) groups is 2. The molecule has 3 aromatic rings. The predicted octanol–water partition coefficient (Wildman–Crippen LogP) is 4.32. The van der Waals surface area contributed by atoms with Crippen molar-refractivity contribution in [3.63, 3.8) is 0 Å². The summed E-state index contributed by atoms with van der Waals surface area (Å²) in [5.41, 5.74) is 1.90. The van der Waals surface area contributed by atoms with E-state index >= 15 is 0 Å². The first kappa shape index (κ1) is 21.5. The van der Waals surface area contributed by atoms with Gasteiger partial charge in [0, 0.05) is 30.3 Å². The molecule has 5 nitrogen and oxygen atoms in total. The number of fused-ring (bicyclic) bond motifs is 1. The van der Waals surface area contributed by atoms with E-state index in [-0.39, 0.29) is 23.7 Å². The number of thiophene rings is 1. The van der Waals surface area contributed by atoms with E-state index in [0.29, 0.717) is 31.1 Å². The summed E-state index contributed by atoms with van der Waals surface area (Å²) >= 11 is 1.45. The van der Waals surface area contributed by atoms with E-state index in [0.717, 1.165) is 34.1 Å². The van der Waals surface area contributed by atoms with Crippen LogP contribution in [0.1, 0.15) is 40.2 Å². The zero-order valence-electron chi connectivity index (χ0n) is 17.4. The monoisotopic (exact) mass is 440 g/mol. The van der Waals surface area contributed by atoms with Crippen LogP contribution in [0, 0.1) is 5.82 Å². The summed E-state index contributed by atoms with van der Waals surface area (Å²) < 4.78 is 20.1. The van der Waals surface area contributed by atoms with Crippen molar-refractivity contribution in [1.82, 2.24) is 10.2 Å². The molecule has 1 fully saturated rings. The lowest BCUT2D eigenvalue weighted by Gasteiger charge is -2.32. The SMILES string of the molecule is CC(=O)N1CCOC(c2c(C(=O)NCCCc3ccc(F)cc3)sc3ccccc23)C1. The first-order chi connectivity index (χ1) is 15.0. The molecule has 0 saturated carbocycles. The van der Waals surface area contributed by atoms with Gasteiger partial charge in [-0.15, -0.1) is 11.3 Å². The minimum absolute atomic E-state index is 0.0135. The first-order valence-corrected chi connectivity index (χ1v) is 11.3. The van der Waals surface area contributed by atoms with Gasteiger partial charge < -0.3 is 15.0 Å². The molecule has 2 amide bonds. The van der Waals surface area contributed by atoms with Gasteiger partial charge in [-0.05, 0) is 42.0 Å². The summed E-state index contributed by atoms with van der Waals surface area (Å²) in [4.78, 5) is 27.3. The number of aryl methyl sites for hydroxylation is 1. The zero-order valence-corrected chi connectivity index (χ0v) is 18.2. The highest BCUT2D eigenvalue weighted by Gasteiger charge is 2.30. The Morgan fingerprint density at radius 1 is 1.19 bits per heavy atom. The molecule has 0 bridgehead atoms. The molecular weight excluding hydrogens is 415 g/mol. The van der Waals surface area contributed by atoms with E-state index in [1.54, 1.807) is 24.0 Å². The highest BCUT2D eigenvalue weighted by atomic mass is 32.1. The molecule has 2 heterocycles. The molecule has 1 saturated heterocycles. The Kier molecular flexibility index (Phi) is 6.63. The number of nitrogens with zero attached hydrogens (tertiary/aromatic N) is 1. The number of ether oxygens (including phenoxy) is 1. The minimum Gasteiger partial charge on any atom is -0.370 e. The fraction of sp³-hybridized carbons (Fsp3) is 0.333. The molecular formula is C24H25FN2O3S. The van der Waals surface area contributed by atoms with E-state index in [1.807, 2.05) is 24.3 Å². The van der Waals surface area contributed by atoms with E-state index in [4.69, 9.17) is 4.74 Å². The standard InChI is InChI=1S/C24H25FN2O3S/c1-16(28)27-13-14-30-20(15-27)22-19-6-2-3-7-21(19)31-23(22)24(29)26-12-4-5-17-8-10-18(25)11-9-17/h2-3,6-11,20H,4-5,12-15H2,1H3,(H,26,29). The summed E-state index contributed by atoms with van der Waals surface area (Å²) in [5.74, 6) is -0.360. The Balaban J connectivity index is 1.48. The fourth-order valence-corrected chi connectivity index (χ4v) is 5.06. The molecule has 162 valence electrons. The highest BCUT2D eigenvalue weighted by molar-refractivity contribution is 7.21. The van der Waals surface area contributed by atoms with Crippen LogP contribution in [0.2, 0.25) is 0 Å². The summed E-state index contributed by atoms with van der Waals surface area (Å²) in [5, 5.41) is 4.02. The minimum atomic E-state index is -0.325. The number of amides is 2. The van der Waals surface area contributed by atoms with Crippen molar-refractivity contribution in [2.75, 3.05) is 26.2 Å². The maximum absolute atomic E-state index is 13.1. The van der Waals surface area contributed by atoms with Gasteiger partial charge in [-0.25, -0.2) is 4.39 Å². The number of benzene rings is 2. The maximum atomic E-state index is 13.1. The van der Waals surface area contributed by atoms with Crippen LogP contribution in [0.3, 0.4) is 0 Å². The largest absolute Gasteiger partial charge is 0.370 e. The molecule has 31 heavy (non-hydrogen) atoms. The van der Waals surface area contributed by atoms with Crippen LogP contribution in [-0.4, -0.2) is 43.0 Å². The van der Waals surface area contributed by atoms with Crippen LogP contribution in [0.25, 0.3) is 10.1 Å². The van der Waals surface area contributed by atoms with Crippen LogP contribution in [0.5, 0.6) is 0 Å². The lowest BCUT2D eigenvalue weighted by atomic mass is 10.0. The molecule has 7 heteroatoms. The average Bonchev–Trinajstić information content (AvgIpc) is 3.17. The number of hydrogen-bond acceptors (Lipinski definition) is 4. The van der Waals surface area contributed by atoms with Gasteiger partial charge in [0.2, 0.25) is 5.91 Å². The molecule has 0 spiro atoms. The maximum Gasteiger partial charge on any atom is 0.261 e. The summed E-state index contributed by atoms with van der Waals surface area (Å²) in [6.45, 7) is 3.55. The van der Waals surface area contributed by atoms with Crippen LogP contribution < -0.4 is 5.32 Å². The summed E-state index contributed by atoms with van der Waals surface area (Å²) in [6.07, 6.45) is 1.20. The first-order valence-electron chi connectivity index (χ1n) is 10.4. The normalized spacial score (nSPS) is 16.5. The topological polar surface area (TPSA) is 58.6 Å². The van der Waals surface area contributed by atoms with Crippen molar-refractivity contribution >= 4 is 33.2 Å². The molecule has 2 aromatic carbocycles. The fourth-order valence-electron chi connectivity index (χ4n) is 3.89. The predicted molar refractivity (Wildman–Crippen MR) is 120 cm³/mol. The van der Waals surface area contributed by atoms with Gasteiger partial charge in [0.1, 0.15) is 11.9 Å². The van der Waals surface area contributed by atoms with Crippen molar-refractivity contribution in [1.29, 1.82) is 0 Å². The molecule has 1 aliphatic rings. The van der Waals surface area contributed by atoms with E-state index < -0.39 is 0 Å². The molecule has 1 N–H and O–H groups in total. The Bertz CT molecular complexity index is 1080. The highest BCUT2D eigenvalue weighted by Crippen LogP contribution is 2.38. The van der Waals surface area contributed by atoms with Crippen LogP contribution >= 0.6 is 11.3 Å². The zero-order chi connectivity index (χ0) is 21.8. The van der Waals surface area contributed by atoms with Crippen molar-refractivity contribution in [2.24, 2.45) is 0 Å². The number of morpholine rings is 1. The second-order valence-electron chi connectivity index (χ2n) is 7.65. The number of hydrogen-bond donors (Lipinski definition) is 1. The van der Waals surface area contributed by atoms with Crippen LogP contribution in [-0.2, 0) is 16.0 Å². The average molecular weight is 441 g/mol. The third kappa shape index (κ3) is 4.94. The van der Waals surface area contributed by atoms with Crippen molar-refractivity contribution < 1.29 is 18.7 Å². The van der Waals surface area contributed by atoms with Gasteiger partial charge in [0.05, 0.1) is 18.0 Å². The molecule has 1 aromatic heterocycles. The third-order valence-corrected chi connectivity index (χ3v) is 6.70. The van der Waals surface area contributed by atoms with E-state index in [2.05, 4.69) is 5.32 Å². The lowest BCUT2D eigenvalue weighted by Crippen LogP contribution is -2.41.